The maximum absolute atomic E-state index is 4.76. The van der Waals surface area contributed by atoms with Gasteiger partial charge in [0.25, 0.3) is 0 Å². The van der Waals surface area contributed by atoms with Gasteiger partial charge in [0, 0.05) is 29.9 Å². The van der Waals surface area contributed by atoms with Gasteiger partial charge in [-0.05, 0) is 90.4 Å². The van der Waals surface area contributed by atoms with Crippen LogP contribution in [0.15, 0.2) is 61.2 Å². The van der Waals surface area contributed by atoms with Gasteiger partial charge < -0.3 is 0 Å². The Morgan fingerprint density at radius 3 is 1.50 bits per heavy atom. The highest BCUT2D eigenvalue weighted by molar-refractivity contribution is 7.19. The molecule has 2 heterocycles. The molecule has 3 aromatic rings. The van der Waals surface area contributed by atoms with Crippen LogP contribution in [-0.2, 0) is 10.3 Å². The second-order valence-electron chi connectivity index (χ2n) is 12.8. The number of hydrogen-bond acceptors (Lipinski definition) is 4. The lowest BCUT2D eigenvalue weighted by atomic mass is 9.42. The van der Waals surface area contributed by atoms with Crippen LogP contribution in [-0.4, -0.2) is 19.9 Å². The zero-order valence-corrected chi connectivity index (χ0v) is 24.0. The molecule has 6 heteroatoms. The molecule has 188 valence electrons. The van der Waals surface area contributed by atoms with E-state index in [4.69, 9.17) is 19.9 Å². The fraction of sp³-hybridized carbons (Fsp3) is 0.533. The van der Waals surface area contributed by atoms with Gasteiger partial charge in [-0.15, -0.1) is 18.5 Å². The minimum atomic E-state index is -0.755. The Morgan fingerprint density at radius 2 is 1.08 bits per heavy atom. The van der Waals surface area contributed by atoms with Crippen molar-refractivity contribution in [3.63, 3.8) is 0 Å². The number of hydrogen-bond donors (Lipinski definition) is 0. The van der Waals surface area contributed by atoms with E-state index < -0.39 is 5.16 Å². The average molecular weight is 517 g/mol. The summed E-state index contributed by atoms with van der Waals surface area (Å²) >= 11 is 0. The smallest absolute Gasteiger partial charge is 0.150 e. The Balaban J connectivity index is 1.62. The lowest BCUT2D eigenvalue weighted by molar-refractivity contribution is -0.101. The highest BCUT2D eigenvalue weighted by Crippen LogP contribution is 2.72. The zero-order valence-electron chi connectivity index (χ0n) is 21.7. The molecule has 0 radical (unpaired) electrons. The average Bonchev–Trinajstić information content (AvgIpc) is 2.87. The monoisotopic (exact) mass is 516 g/mol. The van der Waals surface area contributed by atoms with Gasteiger partial charge >= 0.3 is 0 Å². The van der Waals surface area contributed by atoms with Gasteiger partial charge in [0.2, 0.25) is 0 Å². The molecule has 3 atom stereocenters. The van der Waals surface area contributed by atoms with Gasteiger partial charge in [-0.3, -0.25) is 0 Å². The zero-order chi connectivity index (χ0) is 25.2. The summed E-state index contributed by atoms with van der Waals surface area (Å²) in [6, 6.07) is 12.7. The molecule has 1 aromatic carbocycles. The fourth-order valence-corrected chi connectivity index (χ4v) is 9.75. The van der Waals surface area contributed by atoms with E-state index in [1.54, 1.807) is 0 Å². The van der Waals surface area contributed by atoms with Gasteiger partial charge in [-0.2, -0.15) is 0 Å². The Labute approximate surface area is 220 Å². The molecule has 0 spiro atoms. The van der Waals surface area contributed by atoms with E-state index in [0.717, 1.165) is 17.8 Å². The van der Waals surface area contributed by atoms with Crippen LogP contribution in [0.5, 0.6) is 0 Å². The summed E-state index contributed by atoms with van der Waals surface area (Å²) < 4.78 is 0. The van der Waals surface area contributed by atoms with Crippen LogP contribution in [0.1, 0.15) is 82.1 Å². The molecule has 0 amide bonds. The van der Waals surface area contributed by atoms with Gasteiger partial charge in [0.1, 0.15) is 16.8 Å². The van der Waals surface area contributed by atoms with Crippen LogP contribution < -0.4 is 0 Å². The minimum absolute atomic E-state index is 0.0279. The Hall–Kier alpha value is -1.76. The second kappa shape index (κ2) is 8.64. The molecule has 4 nitrogen and oxygen atoms in total. The molecular formula is C30H38N4P2. The third-order valence-corrected chi connectivity index (χ3v) is 12.3. The molecule has 7 rings (SSSR count). The molecule has 0 aliphatic heterocycles. The SMILES string of the molecule is CC(C)(C)C(P)(c1ccccc1C(P)(c1ncccn1)c1ncccn1)C12CC3CC(CC(C3)C1)C2. The van der Waals surface area contributed by atoms with Gasteiger partial charge in [0.15, 0.2) is 0 Å². The summed E-state index contributed by atoms with van der Waals surface area (Å²) in [5.74, 6) is 4.05. The summed E-state index contributed by atoms with van der Waals surface area (Å²) in [7, 11) is 6.56. The number of rotatable bonds is 5. The topological polar surface area (TPSA) is 51.6 Å². The van der Waals surface area contributed by atoms with Crippen LogP contribution in [0.2, 0.25) is 0 Å². The Morgan fingerprint density at radius 1 is 0.667 bits per heavy atom. The predicted molar refractivity (Wildman–Crippen MR) is 152 cm³/mol. The number of aromatic nitrogens is 4. The molecule has 2 aromatic heterocycles. The molecule has 0 N–H and O–H groups in total. The van der Waals surface area contributed by atoms with Crippen LogP contribution >= 0.6 is 18.5 Å². The molecule has 3 unspecified atom stereocenters. The van der Waals surface area contributed by atoms with Crippen molar-refractivity contribution < 1.29 is 0 Å². The lowest BCUT2D eigenvalue weighted by Crippen LogP contribution is -2.59. The van der Waals surface area contributed by atoms with Crippen LogP contribution in [0, 0.1) is 28.6 Å². The largest absolute Gasteiger partial charge is 0.240 e. The summed E-state index contributed by atoms with van der Waals surface area (Å²) in [4.78, 5) is 19.1. The van der Waals surface area contributed by atoms with Crippen molar-refractivity contribution in [2.24, 2.45) is 28.6 Å². The highest BCUT2D eigenvalue weighted by atomic mass is 31.0. The third kappa shape index (κ3) is 3.54. The Bertz CT molecular complexity index is 1170. The van der Waals surface area contributed by atoms with Crippen molar-refractivity contribution in [1.82, 2.24) is 19.9 Å². The van der Waals surface area contributed by atoms with E-state index in [-0.39, 0.29) is 16.0 Å². The van der Waals surface area contributed by atoms with Crippen molar-refractivity contribution in [3.05, 3.63) is 84.0 Å². The summed E-state index contributed by atoms with van der Waals surface area (Å²) in [5.41, 5.74) is 2.86. The van der Waals surface area contributed by atoms with E-state index in [2.05, 4.69) is 63.5 Å². The molecule has 36 heavy (non-hydrogen) atoms. The third-order valence-electron chi connectivity index (χ3n) is 9.67. The van der Waals surface area contributed by atoms with Gasteiger partial charge in [-0.1, -0.05) is 45.0 Å². The van der Waals surface area contributed by atoms with Crippen molar-refractivity contribution in [2.45, 2.75) is 69.6 Å². The van der Waals surface area contributed by atoms with Crippen LogP contribution in [0.3, 0.4) is 0 Å². The normalized spacial score (nSPS) is 29.2. The Kier molecular flexibility index (Phi) is 5.90. The van der Waals surface area contributed by atoms with E-state index in [0.29, 0.717) is 11.6 Å². The summed E-state index contributed by atoms with van der Waals surface area (Å²) in [5, 5.41) is -0.869. The summed E-state index contributed by atoms with van der Waals surface area (Å²) in [6.07, 6.45) is 15.6. The first-order valence-corrected chi connectivity index (χ1v) is 14.6. The number of nitrogens with zero attached hydrogens (tertiary/aromatic N) is 4. The van der Waals surface area contributed by atoms with Crippen molar-refractivity contribution in [3.8, 4) is 0 Å². The van der Waals surface area contributed by atoms with Crippen molar-refractivity contribution in [2.75, 3.05) is 0 Å². The molecule has 4 saturated carbocycles. The predicted octanol–water partition coefficient (Wildman–Crippen LogP) is 6.77. The van der Waals surface area contributed by atoms with E-state index >= 15 is 0 Å². The minimum Gasteiger partial charge on any atom is -0.240 e. The molecule has 4 bridgehead atoms. The van der Waals surface area contributed by atoms with Gasteiger partial charge in [-0.25, -0.2) is 19.9 Å². The van der Waals surface area contributed by atoms with Gasteiger partial charge in [0.05, 0.1) is 0 Å². The molecule has 4 fully saturated rings. The van der Waals surface area contributed by atoms with E-state index in [9.17, 15) is 0 Å². The molecule has 4 aliphatic rings. The first-order valence-electron chi connectivity index (χ1n) is 13.4. The molecule has 0 saturated heterocycles. The van der Waals surface area contributed by atoms with E-state index in [1.807, 2.05) is 36.9 Å². The highest BCUT2D eigenvalue weighted by Gasteiger charge is 2.63. The maximum atomic E-state index is 4.76. The standard InChI is InChI=1S/C30H38N4P2/c1-27(2,3)30(36,28-17-20-14-21(18-28)16-22(15-20)19-28)24-9-5-4-8-23(24)29(35,25-31-10-6-11-32-25)26-33-12-7-13-34-26/h4-13,20-22H,14-19,35-36H2,1-3H3. The van der Waals surface area contributed by atoms with Crippen molar-refractivity contribution >= 4 is 18.5 Å². The fourth-order valence-electron chi connectivity index (χ4n) is 8.60. The lowest BCUT2D eigenvalue weighted by Gasteiger charge is -2.67. The number of benzene rings is 1. The van der Waals surface area contributed by atoms with Crippen molar-refractivity contribution in [1.29, 1.82) is 0 Å². The quantitative estimate of drug-likeness (QED) is 0.351. The molecule has 4 aliphatic carbocycles. The first kappa shape index (κ1) is 24.6. The molecular weight excluding hydrogens is 478 g/mol. The summed E-state index contributed by atoms with van der Waals surface area (Å²) in [6.45, 7) is 7.33. The van der Waals surface area contributed by atoms with Crippen LogP contribution in [0.4, 0.5) is 0 Å². The van der Waals surface area contributed by atoms with Crippen LogP contribution in [0.25, 0.3) is 0 Å². The first-order chi connectivity index (χ1) is 17.2. The maximum Gasteiger partial charge on any atom is 0.150 e. The second-order valence-corrected chi connectivity index (χ2v) is 14.5. The van der Waals surface area contributed by atoms with E-state index in [1.165, 1.54) is 49.7 Å².